The number of carboxylic acid groups (broad SMARTS) is 1. The number of aliphatic carboxylic acids is 1. The zero-order valence-corrected chi connectivity index (χ0v) is 14.7. The minimum Gasteiger partial charge on any atom is -0.479 e. The lowest BCUT2D eigenvalue weighted by molar-refractivity contribution is -0.139. The van der Waals surface area contributed by atoms with Crippen molar-refractivity contribution in [1.29, 1.82) is 0 Å². The van der Waals surface area contributed by atoms with Gasteiger partial charge in [0.2, 0.25) is 0 Å². The molecule has 0 radical (unpaired) electrons. The van der Waals surface area contributed by atoms with Crippen LogP contribution in [0.5, 0.6) is 0 Å². The fourth-order valence-electron chi connectivity index (χ4n) is 2.88. The lowest BCUT2D eigenvalue weighted by atomic mass is 9.92. The van der Waals surface area contributed by atoms with Gasteiger partial charge in [-0.25, -0.2) is 4.79 Å². The quantitative estimate of drug-likeness (QED) is 0.748. The van der Waals surface area contributed by atoms with E-state index in [0.717, 1.165) is 0 Å². The molecule has 0 aromatic heterocycles. The maximum absolute atomic E-state index is 12.5. The molecule has 0 aliphatic heterocycles. The molecule has 0 bridgehead atoms. The zero-order chi connectivity index (χ0) is 20.0. The average Bonchev–Trinajstić information content (AvgIpc) is 2.60. The monoisotopic (exact) mass is 379 g/mol. The number of nitrogens with one attached hydrogen (secondary N) is 1. The number of benzene rings is 2. The summed E-state index contributed by atoms with van der Waals surface area (Å²) in [7, 11) is 0. The van der Waals surface area contributed by atoms with Gasteiger partial charge in [0, 0.05) is 12.0 Å². The van der Waals surface area contributed by atoms with Gasteiger partial charge in [0.1, 0.15) is 0 Å². The van der Waals surface area contributed by atoms with Crippen LogP contribution >= 0.6 is 0 Å². The van der Waals surface area contributed by atoms with Crippen LogP contribution in [0.1, 0.15) is 45.9 Å². The Morgan fingerprint density at radius 3 is 2.33 bits per heavy atom. The number of carbonyl (C=O) groups is 2. The van der Waals surface area contributed by atoms with Crippen molar-refractivity contribution >= 4 is 11.9 Å². The van der Waals surface area contributed by atoms with Gasteiger partial charge in [-0.2, -0.15) is 13.2 Å². The predicted octanol–water partition coefficient (Wildman–Crippen LogP) is 4.44. The van der Waals surface area contributed by atoms with Crippen LogP contribution < -0.4 is 5.32 Å². The van der Waals surface area contributed by atoms with Gasteiger partial charge in [0.05, 0.1) is 0 Å². The third-order valence-corrected chi connectivity index (χ3v) is 4.20. The lowest BCUT2D eigenvalue weighted by Gasteiger charge is -2.20. The second-order valence-corrected chi connectivity index (χ2v) is 6.22. The Morgan fingerprint density at radius 1 is 1.07 bits per heavy atom. The van der Waals surface area contributed by atoms with E-state index in [4.69, 9.17) is 0 Å². The summed E-state index contributed by atoms with van der Waals surface area (Å²) in [6.07, 6.45) is -5.29. The Hall–Kier alpha value is -2.83. The number of aryl methyl sites for hydroxylation is 1. The van der Waals surface area contributed by atoms with Gasteiger partial charge in [-0.05, 0) is 48.6 Å². The molecule has 1 amide bonds. The molecule has 27 heavy (non-hydrogen) atoms. The van der Waals surface area contributed by atoms with E-state index in [1.54, 1.807) is 49.4 Å². The van der Waals surface area contributed by atoms with E-state index in [0.29, 0.717) is 22.3 Å². The molecule has 0 aliphatic rings. The number of hydrogen-bond donors (Lipinski definition) is 2. The van der Waals surface area contributed by atoms with Crippen LogP contribution in [0.25, 0.3) is 0 Å². The Balaban J connectivity index is 2.27. The Kier molecular flexibility index (Phi) is 6.60. The molecule has 0 saturated carbocycles. The topological polar surface area (TPSA) is 66.4 Å². The van der Waals surface area contributed by atoms with Crippen LogP contribution in [-0.4, -0.2) is 23.2 Å². The van der Waals surface area contributed by atoms with Crippen LogP contribution in [0.4, 0.5) is 13.2 Å². The van der Waals surface area contributed by atoms with E-state index in [1.807, 2.05) is 0 Å². The number of hydrogen-bond acceptors (Lipinski definition) is 2. The van der Waals surface area contributed by atoms with Crippen LogP contribution in [0.2, 0.25) is 0 Å². The number of amides is 1. The molecule has 0 fully saturated rings. The number of carboxylic acids is 1. The Bertz CT molecular complexity index is 804. The molecule has 1 atom stereocenters. The smallest absolute Gasteiger partial charge is 0.389 e. The normalized spacial score (nSPS) is 12.4. The molecular weight excluding hydrogens is 359 g/mol. The molecule has 2 aromatic carbocycles. The molecule has 2 rings (SSSR count). The lowest BCUT2D eigenvalue weighted by Crippen LogP contribution is -2.34. The zero-order valence-electron chi connectivity index (χ0n) is 14.7. The van der Waals surface area contributed by atoms with Crippen molar-refractivity contribution in [2.45, 2.75) is 38.4 Å². The summed E-state index contributed by atoms with van der Waals surface area (Å²) in [6.45, 7) is 1.71. The largest absolute Gasteiger partial charge is 0.479 e. The molecule has 0 aliphatic carbocycles. The summed E-state index contributed by atoms with van der Waals surface area (Å²) in [5.41, 5.74) is 1.81. The van der Waals surface area contributed by atoms with Gasteiger partial charge in [0.25, 0.3) is 5.91 Å². The first kappa shape index (κ1) is 20.5. The summed E-state index contributed by atoms with van der Waals surface area (Å²) in [5.74, 6) is -1.84. The third-order valence-electron chi connectivity index (χ3n) is 4.20. The Labute approximate surface area is 155 Å². The van der Waals surface area contributed by atoms with Crippen LogP contribution in [0.3, 0.4) is 0 Å². The summed E-state index contributed by atoms with van der Waals surface area (Å²) < 4.78 is 37.4. The molecule has 7 heteroatoms. The number of halogens is 3. The van der Waals surface area contributed by atoms with E-state index in [1.165, 1.54) is 6.07 Å². The number of rotatable bonds is 7. The molecule has 0 spiro atoms. The minimum atomic E-state index is -4.27. The van der Waals surface area contributed by atoms with Crippen molar-refractivity contribution in [2.75, 3.05) is 0 Å². The highest BCUT2D eigenvalue weighted by molar-refractivity contribution is 5.96. The third kappa shape index (κ3) is 5.84. The van der Waals surface area contributed by atoms with Gasteiger partial charge < -0.3 is 10.4 Å². The summed E-state index contributed by atoms with van der Waals surface area (Å²) >= 11 is 0. The van der Waals surface area contributed by atoms with Crippen LogP contribution in [0.15, 0.2) is 48.5 Å². The maximum Gasteiger partial charge on any atom is 0.389 e. The first-order valence-electron chi connectivity index (χ1n) is 8.43. The van der Waals surface area contributed by atoms with Crippen molar-refractivity contribution in [3.8, 4) is 0 Å². The molecule has 1 unspecified atom stereocenters. The fourth-order valence-corrected chi connectivity index (χ4v) is 2.88. The highest BCUT2D eigenvalue weighted by Crippen LogP contribution is 2.27. The summed E-state index contributed by atoms with van der Waals surface area (Å²) in [4.78, 5) is 24.1. The maximum atomic E-state index is 12.5. The predicted molar refractivity (Wildman–Crippen MR) is 94.5 cm³/mol. The number of carbonyl (C=O) groups excluding carboxylic acids is 1. The van der Waals surface area contributed by atoms with Gasteiger partial charge in [-0.1, -0.05) is 36.4 Å². The molecule has 2 N–H and O–H groups in total. The van der Waals surface area contributed by atoms with Crippen molar-refractivity contribution < 1.29 is 27.9 Å². The van der Waals surface area contributed by atoms with Crippen LogP contribution in [0, 0.1) is 6.92 Å². The second-order valence-electron chi connectivity index (χ2n) is 6.22. The highest BCUT2D eigenvalue weighted by atomic mass is 19.4. The van der Waals surface area contributed by atoms with Gasteiger partial charge >= 0.3 is 12.1 Å². The molecule has 144 valence electrons. The van der Waals surface area contributed by atoms with E-state index >= 15 is 0 Å². The van der Waals surface area contributed by atoms with E-state index in [2.05, 4.69) is 5.32 Å². The van der Waals surface area contributed by atoms with Crippen molar-refractivity contribution in [3.05, 3.63) is 70.8 Å². The van der Waals surface area contributed by atoms with Crippen molar-refractivity contribution in [2.24, 2.45) is 0 Å². The molecule has 0 saturated heterocycles. The van der Waals surface area contributed by atoms with Crippen LogP contribution in [-0.2, 0) is 11.2 Å². The van der Waals surface area contributed by atoms with Gasteiger partial charge in [0.15, 0.2) is 6.04 Å². The highest BCUT2D eigenvalue weighted by Gasteiger charge is 2.28. The molecular formula is C20H20F3NO3. The fraction of sp³-hybridized carbons (Fsp3) is 0.300. The summed E-state index contributed by atoms with van der Waals surface area (Å²) in [6, 6.07) is 11.7. The van der Waals surface area contributed by atoms with E-state index < -0.39 is 30.5 Å². The summed E-state index contributed by atoms with van der Waals surface area (Å²) in [5, 5.41) is 12.1. The SMILES string of the molecule is Cc1cccc(C(NC(=O)c2ccccc2)C(=O)O)c1CCCC(F)(F)F. The van der Waals surface area contributed by atoms with E-state index in [-0.39, 0.29) is 12.8 Å². The first-order valence-corrected chi connectivity index (χ1v) is 8.43. The average molecular weight is 379 g/mol. The molecule has 4 nitrogen and oxygen atoms in total. The Morgan fingerprint density at radius 2 is 1.74 bits per heavy atom. The standard InChI is InChI=1S/C20H20F3NO3/c1-13-7-5-10-16(15(13)11-6-12-20(21,22)23)17(19(26)27)24-18(25)14-8-3-2-4-9-14/h2-5,7-10,17H,6,11-12H2,1H3,(H,24,25)(H,26,27). The number of alkyl halides is 3. The second kappa shape index (κ2) is 8.70. The van der Waals surface area contributed by atoms with Gasteiger partial charge in [-0.3, -0.25) is 4.79 Å². The molecule has 0 heterocycles. The molecule has 2 aromatic rings. The van der Waals surface area contributed by atoms with E-state index in [9.17, 15) is 27.9 Å². The van der Waals surface area contributed by atoms with Crippen molar-refractivity contribution in [1.82, 2.24) is 5.32 Å². The minimum absolute atomic E-state index is 0.0759. The first-order chi connectivity index (χ1) is 12.7. The van der Waals surface area contributed by atoms with Crippen molar-refractivity contribution in [3.63, 3.8) is 0 Å². The van der Waals surface area contributed by atoms with Gasteiger partial charge in [-0.15, -0.1) is 0 Å².